The second kappa shape index (κ2) is 52.7. The first kappa shape index (κ1) is 64.3. The third-order valence-corrected chi connectivity index (χ3v) is 12.9. The van der Waals surface area contributed by atoms with Gasteiger partial charge in [-0.2, -0.15) is 0 Å². The van der Waals surface area contributed by atoms with Crippen molar-refractivity contribution in [2.24, 2.45) is 0 Å². The van der Waals surface area contributed by atoms with E-state index in [9.17, 15) is 14.4 Å². The van der Waals surface area contributed by atoms with E-state index in [1.807, 2.05) is 0 Å². The molecule has 0 saturated heterocycles. The quantitative estimate of drug-likeness (QED) is 0.0260. The van der Waals surface area contributed by atoms with Crippen molar-refractivity contribution in [2.75, 3.05) is 26.2 Å². The number of carbonyl (C=O) groups is 3. The number of unbranched alkanes of at least 4 members (excludes halogenated alkanes) is 25. The van der Waals surface area contributed by atoms with E-state index < -0.39 is 12.2 Å². The number of allylic oxidation sites excluding steroid dienone is 8. The molecular formula is C60H109NO6. The Hall–Kier alpha value is -2.67. The van der Waals surface area contributed by atoms with Gasteiger partial charge in [0.05, 0.1) is 0 Å². The van der Waals surface area contributed by atoms with Crippen LogP contribution in [0.1, 0.15) is 279 Å². The lowest BCUT2D eigenvalue weighted by Gasteiger charge is -2.27. The van der Waals surface area contributed by atoms with Crippen LogP contribution in [0.25, 0.3) is 0 Å². The smallest absolute Gasteiger partial charge is 0.306 e. The van der Waals surface area contributed by atoms with Gasteiger partial charge in [0.15, 0.2) is 0 Å². The third kappa shape index (κ3) is 46.8. The molecule has 0 fully saturated rings. The highest BCUT2D eigenvalue weighted by Crippen LogP contribution is 2.23. The van der Waals surface area contributed by atoms with Gasteiger partial charge < -0.3 is 19.1 Å². The molecule has 2 atom stereocenters. The molecule has 0 bridgehead atoms. The molecule has 0 aromatic heterocycles. The molecule has 0 radical (unpaired) electrons. The largest absolute Gasteiger partial charge is 0.464 e. The van der Waals surface area contributed by atoms with E-state index in [-0.39, 0.29) is 17.9 Å². The molecule has 0 rings (SSSR count). The van der Waals surface area contributed by atoms with Crippen LogP contribution in [0.2, 0.25) is 0 Å². The molecule has 7 heteroatoms. The van der Waals surface area contributed by atoms with E-state index in [2.05, 4.69) is 88.1 Å². The summed E-state index contributed by atoms with van der Waals surface area (Å²) in [5.74, 6) is -0.421. The van der Waals surface area contributed by atoms with Crippen molar-refractivity contribution in [3.63, 3.8) is 0 Å². The molecule has 0 heterocycles. The van der Waals surface area contributed by atoms with Crippen molar-refractivity contribution in [3.05, 3.63) is 48.6 Å². The van der Waals surface area contributed by atoms with Gasteiger partial charge in [-0.15, -0.1) is 0 Å². The average Bonchev–Trinajstić information content (AvgIpc) is 3.32. The van der Waals surface area contributed by atoms with Crippen LogP contribution < -0.4 is 0 Å². The lowest BCUT2D eigenvalue weighted by atomic mass is 9.99. The number of hydrogen-bond donors (Lipinski definition) is 0. The number of esters is 3. The maximum Gasteiger partial charge on any atom is 0.306 e. The van der Waals surface area contributed by atoms with Gasteiger partial charge >= 0.3 is 17.9 Å². The van der Waals surface area contributed by atoms with Gasteiger partial charge in [0, 0.05) is 25.8 Å². The molecule has 0 amide bonds. The van der Waals surface area contributed by atoms with Crippen molar-refractivity contribution < 1.29 is 28.6 Å². The SMILES string of the molecule is CCCCC/C=C\C/C=C\CCCCCCCC(=O)O[C@@H](CCCCCCCC)[C@@H](CCCCCCCC(=O)OCCN(CC)CC)OC(=O)CCCCCCC/C=C\C/C=C\CCCCC. The summed E-state index contributed by atoms with van der Waals surface area (Å²) in [4.78, 5) is 41.3. The normalized spacial score (nSPS) is 12.9. The summed E-state index contributed by atoms with van der Waals surface area (Å²) in [5.41, 5.74) is 0. The van der Waals surface area contributed by atoms with E-state index in [0.717, 1.165) is 135 Å². The zero-order valence-corrected chi connectivity index (χ0v) is 44.9. The molecule has 0 aromatic carbocycles. The molecule has 0 aliphatic carbocycles. The van der Waals surface area contributed by atoms with Crippen LogP contribution >= 0.6 is 0 Å². The van der Waals surface area contributed by atoms with Gasteiger partial charge in [-0.05, 0) is 122 Å². The van der Waals surface area contributed by atoms with Crippen LogP contribution in [0.4, 0.5) is 0 Å². The van der Waals surface area contributed by atoms with E-state index in [1.165, 1.54) is 103 Å². The second-order valence-corrected chi connectivity index (χ2v) is 19.1. The number of carbonyl (C=O) groups excluding carboxylic acids is 3. The summed E-state index contributed by atoms with van der Waals surface area (Å²) < 4.78 is 18.0. The Kier molecular flexibility index (Phi) is 50.6. The second-order valence-electron chi connectivity index (χ2n) is 19.1. The summed E-state index contributed by atoms with van der Waals surface area (Å²) in [6.07, 6.45) is 57.1. The summed E-state index contributed by atoms with van der Waals surface area (Å²) in [6.45, 7) is 14.1. The fourth-order valence-corrected chi connectivity index (χ4v) is 8.43. The Morgan fingerprint density at radius 1 is 0.373 bits per heavy atom. The first-order valence-corrected chi connectivity index (χ1v) is 28.8. The molecule has 0 aliphatic rings. The van der Waals surface area contributed by atoms with Crippen LogP contribution in [0.5, 0.6) is 0 Å². The minimum atomic E-state index is -0.421. The number of nitrogens with zero attached hydrogens (tertiary/aromatic N) is 1. The van der Waals surface area contributed by atoms with Gasteiger partial charge in [-0.25, -0.2) is 0 Å². The minimum Gasteiger partial charge on any atom is -0.464 e. The summed E-state index contributed by atoms with van der Waals surface area (Å²) in [5, 5.41) is 0. The highest BCUT2D eigenvalue weighted by molar-refractivity contribution is 5.70. The Bertz CT molecular complexity index is 1200. The van der Waals surface area contributed by atoms with Crippen LogP contribution in [-0.4, -0.2) is 61.3 Å². The topological polar surface area (TPSA) is 82.1 Å². The van der Waals surface area contributed by atoms with Gasteiger partial charge in [-0.3, -0.25) is 14.4 Å². The number of likely N-dealkylation sites (N-methyl/N-ethyl adjacent to an activating group) is 1. The fourth-order valence-electron chi connectivity index (χ4n) is 8.43. The molecule has 0 saturated carbocycles. The lowest BCUT2D eigenvalue weighted by molar-refractivity contribution is -0.169. The predicted octanol–water partition coefficient (Wildman–Crippen LogP) is 17.8. The van der Waals surface area contributed by atoms with Crippen molar-refractivity contribution in [1.29, 1.82) is 0 Å². The molecule has 7 nitrogen and oxygen atoms in total. The Balaban J connectivity index is 5.13. The number of hydrogen-bond acceptors (Lipinski definition) is 7. The van der Waals surface area contributed by atoms with Crippen molar-refractivity contribution >= 4 is 17.9 Å². The summed E-state index contributed by atoms with van der Waals surface area (Å²) >= 11 is 0. The first-order chi connectivity index (χ1) is 32.9. The minimum absolute atomic E-state index is 0.109. The van der Waals surface area contributed by atoms with Gasteiger partial charge in [0.1, 0.15) is 18.8 Å². The molecule has 0 spiro atoms. The van der Waals surface area contributed by atoms with Crippen LogP contribution in [0, 0.1) is 0 Å². The zero-order valence-electron chi connectivity index (χ0n) is 44.9. The zero-order chi connectivity index (χ0) is 48.9. The van der Waals surface area contributed by atoms with Crippen molar-refractivity contribution in [1.82, 2.24) is 4.90 Å². The van der Waals surface area contributed by atoms with Crippen LogP contribution in [0.15, 0.2) is 48.6 Å². The Labute approximate surface area is 415 Å². The Morgan fingerprint density at radius 3 is 1.07 bits per heavy atom. The molecular weight excluding hydrogens is 831 g/mol. The van der Waals surface area contributed by atoms with E-state index in [4.69, 9.17) is 14.2 Å². The molecule has 0 aliphatic heterocycles. The number of ether oxygens (including phenoxy) is 3. The molecule has 0 aromatic rings. The van der Waals surface area contributed by atoms with Gasteiger partial charge in [0.25, 0.3) is 0 Å². The lowest BCUT2D eigenvalue weighted by Crippen LogP contribution is -2.35. The number of rotatable bonds is 51. The predicted molar refractivity (Wildman–Crippen MR) is 288 cm³/mol. The summed E-state index contributed by atoms with van der Waals surface area (Å²) in [7, 11) is 0. The highest BCUT2D eigenvalue weighted by Gasteiger charge is 2.28. The molecule has 390 valence electrons. The highest BCUT2D eigenvalue weighted by atomic mass is 16.6. The maximum atomic E-state index is 13.4. The fraction of sp³-hybridized carbons (Fsp3) is 0.817. The Morgan fingerprint density at radius 2 is 0.687 bits per heavy atom. The maximum absolute atomic E-state index is 13.4. The van der Waals surface area contributed by atoms with Crippen molar-refractivity contribution in [3.8, 4) is 0 Å². The average molecular weight is 941 g/mol. The molecule has 0 unspecified atom stereocenters. The van der Waals surface area contributed by atoms with E-state index in [1.54, 1.807) is 0 Å². The summed E-state index contributed by atoms with van der Waals surface area (Å²) in [6, 6.07) is 0. The molecule has 67 heavy (non-hydrogen) atoms. The van der Waals surface area contributed by atoms with Crippen molar-refractivity contribution in [2.45, 2.75) is 291 Å². The van der Waals surface area contributed by atoms with Crippen LogP contribution in [-0.2, 0) is 28.6 Å². The van der Waals surface area contributed by atoms with Gasteiger partial charge in [0.2, 0.25) is 0 Å². The third-order valence-electron chi connectivity index (χ3n) is 12.9. The van der Waals surface area contributed by atoms with E-state index in [0.29, 0.717) is 32.3 Å². The first-order valence-electron chi connectivity index (χ1n) is 28.8. The standard InChI is InChI=1S/C60H109NO6/c1-6-11-14-17-20-22-24-26-28-30-32-34-36-41-47-52-59(63)66-56(49-44-39-19-16-13-8-3)57(50-45-40-38-43-46-51-58(62)65-55-54-61(9-4)10-5)67-60(64)53-48-42-37-35-33-31-29-27-25-23-21-18-15-12-7-2/h20-23,26-29,56-57H,6-19,24-25,30-55H2,1-5H3/b22-20-,23-21-,28-26-,29-27-/t56-,57+/m0/s1. The van der Waals surface area contributed by atoms with E-state index >= 15 is 0 Å². The molecule has 0 N–H and O–H groups in total. The monoisotopic (exact) mass is 940 g/mol. The van der Waals surface area contributed by atoms with Gasteiger partial charge in [-0.1, -0.05) is 199 Å². The van der Waals surface area contributed by atoms with Crippen LogP contribution in [0.3, 0.4) is 0 Å².